The van der Waals surface area contributed by atoms with Gasteiger partial charge in [0.15, 0.2) is 0 Å². The van der Waals surface area contributed by atoms with Gasteiger partial charge in [-0.15, -0.1) is 0 Å². The third-order valence-corrected chi connectivity index (χ3v) is 3.62. The summed E-state index contributed by atoms with van der Waals surface area (Å²) in [7, 11) is -3.63. The molecule has 1 aromatic heterocycles. The van der Waals surface area contributed by atoms with Crippen molar-refractivity contribution in [2.75, 3.05) is 0 Å². The lowest BCUT2D eigenvalue weighted by molar-refractivity contribution is 0.598. The topological polar surface area (TPSA) is 59.4 Å². The molecule has 18 heavy (non-hydrogen) atoms. The van der Waals surface area contributed by atoms with E-state index in [1.54, 1.807) is 48.8 Å². The van der Waals surface area contributed by atoms with Gasteiger partial charge >= 0.3 is 0 Å². The monoisotopic (exact) mass is 260 g/mol. The lowest BCUT2D eigenvalue weighted by Gasteiger charge is -1.99. The summed E-state index contributed by atoms with van der Waals surface area (Å²) in [6.07, 6.45) is 4.48. The molecule has 0 spiro atoms. The van der Waals surface area contributed by atoms with Crippen molar-refractivity contribution < 1.29 is 8.42 Å². The van der Waals surface area contributed by atoms with Gasteiger partial charge in [-0.05, 0) is 36.8 Å². The Kier molecular flexibility index (Phi) is 3.53. The number of sulfonamides is 1. The van der Waals surface area contributed by atoms with Crippen LogP contribution >= 0.6 is 0 Å². The zero-order valence-electron chi connectivity index (χ0n) is 9.82. The third-order valence-electron chi connectivity index (χ3n) is 2.37. The lowest BCUT2D eigenvalue weighted by Crippen LogP contribution is -1.97. The number of aromatic nitrogens is 1. The minimum atomic E-state index is -3.63. The number of aryl methyl sites for hydroxylation is 1. The molecular formula is C13H12N2O2S. The molecule has 0 aliphatic rings. The quantitative estimate of drug-likeness (QED) is 0.795. The second-order valence-electron chi connectivity index (χ2n) is 3.80. The second-order valence-corrected chi connectivity index (χ2v) is 5.44. The van der Waals surface area contributed by atoms with Crippen LogP contribution in [-0.2, 0) is 10.0 Å². The van der Waals surface area contributed by atoms with E-state index >= 15 is 0 Å². The molecule has 0 bridgehead atoms. The van der Waals surface area contributed by atoms with Crippen molar-refractivity contribution in [3.63, 3.8) is 0 Å². The fourth-order valence-electron chi connectivity index (χ4n) is 1.35. The van der Waals surface area contributed by atoms with Crippen LogP contribution in [0.2, 0.25) is 0 Å². The maximum Gasteiger partial charge on any atom is 0.282 e. The van der Waals surface area contributed by atoms with E-state index in [1.807, 2.05) is 6.92 Å². The van der Waals surface area contributed by atoms with Crippen LogP contribution in [0, 0.1) is 6.92 Å². The first-order chi connectivity index (χ1) is 8.58. The van der Waals surface area contributed by atoms with E-state index in [4.69, 9.17) is 0 Å². The predicted molar refractivity (Wildman–Crippen MR) is 70.2 cm³/mol. The molecule has 1 heterocycles. The molecule has 0 saturated heterocycles. The first kappa shape index (κ1) is 12.4. The number of pyridine rings is 1. The van der Waals surface area contributed by atoms with Gasteiger partial charge < -0.3 is 0 Å². The van der Waals surface area contributed by atoms with Crippen molar-refractivity contribution in [1.82, 2.24) is 4.98 Å². The Morgan fingerprint density at radius 2 is 1.67 bits per heavy atom. The minimum absolute atomic E-state index is 0.193. The number of hydrogen-bond donors (Lipinski definition) is 0. The van der Waals surface area contributed by atoms with Gasteiger partial charge in [-0.1, -0.05) is 17.7 Å². The number of nitrogens with zero attached hydrogens (tertiary/aromatic N) is 2. The summed E-state index contributed by atoms with van der Waals surface area (Å²) in [5.41, 5.74) is 1.70. The van der Waals surface area contributed by atoms with Gasteiger partial charge in [-0.3, -0.25) is 4.98 Å². The summed E-state index contributed by atoms with van der Waals surface area (Å²) in [5, 5.41) is 0. The molecule has 2 aromatic rings. The van der Waals surface area contributed by atoms with E-state index in [9.17, 15) is 8.42 Å². The van der Waals surface area contributed by atoms with Gasteiger partial charge in [0.05, 0.1) is 4.90 Å². The fourth-order valence-corrected chi connectivity index (χ4v) is 2.21. The van der Waals surface area contributed by atoms with Gasteiger partial charge in [0.25, 0.3) is 10.0 Å². The van der Waals surface area contributed by atoms with Crippen LogP contribution < -0.4 is 0 Å². The average Bonchev–Trinajstić information content (AvgIpc) is 2.38. The highest BCUT2D eigenvalue weighted by Crippen LogP contribution is 2.12. The molecule has 1 aromatic carbocycles. The van der Waals surface area contributed by atoms with Crippen molar-refractivity contribution in [3.8, 4) is 0 Å². The molecule has 0 aliphatic carbocycles. The molecule has 5 heteroatoms. The Balaban J connectivity index is 2.28. The van der Waals surface area contributed by atoms with Crippen LogP contribution in [0.15, 0.2) is 58.1 Å². The Morgan fingerprint density at radius 3 is 2.28 bits per heavy atom. The lowest BCUT2D eigenvalue weighted by atomic mass is 10.2. The van der Waals surface area contributed by atoms with Crippen LogP contribution in [0.25, 0.3) is 0 Å². The van der Waals surface area contributed by atoms with Gasteiger partial charge in [-0.25, -0.2) is 0 Å². The largest absolute Gasteiger partial charge is 0.282 e. The highest BCUT2D eigenvalue weighted by molar-refractivity contribution is 7.90. The van der Waals surface area contributed by atoms with Crippen LogP contribution in [0.1, 0.15) is 11.1 Å². The van der Waals surface area contributed by atoms with E-state index in [0.29, 0.717) is 5.56 Å². The molecule has 0 radical (unpaired) electrons. The van der Waals surface area contributed by atoms with Crippen molar-refractivity contribution in [3.05, 3.63) is 59.9 Å². The normalized spacial score (nSPS) is 11.8. The Morgan fingerprint density at radius 1 is 1.06 bits per heavy atom. The molecular weight excluding hydrogens is 248 g/mol. The highest BCUT2D eigenvalue weighted by Gasteiger charge is 2.10. The van der Waals surface area contributed by atoms with Crippen LogP contribution in [-0.4, -0.2) is 19.6 Å². The van der Waals surface area contributed by atoms with E-state index in [0.717, 1.165) is 5.56 Å². The number of rotatable bonds is 3. The Hall–Kier alpha value is -2.01. The summed E-state index contributed by atoms with van der Waals surface area (Å²) < 4.78 is 27.5. The average molecular weight is 260 g/mol. The maximum absolute atomic E-state index is 11.9. The summed E-state index contributed by atoms with van der Waals surface area (Å²) >= 11 is 0. The van der Waals surface area contributed by atoms with Crippen molar-refractivity contribution >= 4 is 16.2 Å². The molecule has 0 amide bonds. The first-order valence-corrected chi connectivity index (χ1v) is 6.79. The highest BCUT2D eigenvalue weighted by atomic mass is 32.2. The summed E-state index contributed by atoms with van der Waals surface area (Å²) in [5.74, 6) is 0. The van der Waals surface area contributed by atoms with Gasteiger partial charge in [0.1, 0.15) is 0 Å². The molecule has 0 atom stereocenters. The minimum Gasteiger partial charge on any atom is -0.265 e. The molecule has 0 fully saturated rings. The molecule has 2 rings (SSSR count). The van der Waals surface area contributed by atoms with E-state index in [-0.39, 0.29) is 4.90 Å². The van der Waals surface area contributed by atoms with Gasteiger partial charge in [0, 0.05) is 18.6 Å². The molecule has 0 N–H and O–H groups in total. The molecule has 4 nitrogen and oxygen atoms in total. The second kappa shape index (κ2) is 5.10. The zero-order chi connectivity index (χ0) is 13.0. The predicted octanol–water partition coefficient (Wildman–Crippen LogP) is 2.20. The number of benzene rings is 1. The van der Waals surface area contributed by atoms with Crippen molar-refractivity contribution in [2.24, 2.45) is 4.40 Å². The molecule has 0 aliphatic heterocycles. The van der Waals surface area contributed by atoms with Gasteiger partial charge in [0.2, 0.25) is 0 Å². The summed E-state index contributed by atoms with van der Waals surface area (Å²) in [4.78, 5) is 4.04. The van der Waals surface area contributed by atoms with Crippen LogP contribution in [0.3, 0.4) is 0 Å². The fraction of sp³-hybridized carbons (Fsp3) is 0.0769. The van der Waals surface area contributed by atoms with E-state index in [2.05, 4.69) is 9.38 Å². The first-order valence-electron chi connectivity index (χ1n) is 5.35. The Labute approximate surface area is 106 Å². The van der Waals surface area contributed by atoms with E-state index in [1.165, 1.54) is 6.21 Å². The summed E-state index contributed by atoms with van der Waals surface area (Å²) in [6, 6.07) is 9.97. The van der Waals surface area contributed by atoms with Crippen molar-refractivity contribution in [2.45, 2.75) is 11.8 Å². The Bertz CT molecular complexity index is 647. The van der Waals surface area contributed by atoms with Crippen LogP contribution in [0.4, 0.5) is 0 Å². The molecule has 92 valence electrons. The number of hydrogen-bond acceptors (Lipinski definition) is 3. The third kappa shape index (κ3) is 3.01. The maximum atomic E-state index is 11.9. The molecule has 0 unspecified atom stereocenters. The molecule has 0 saturated carbocycles. The van der Waals surface area contributed by atoms with E-state index < -0.39 is 10.0 Å². The SMILES string of the molecule is Cc1ccc(S(=O)(=O)N=Cc2ccncc2)cc1. The standard InChI is InChI=1S/C13H12N2O2S/c1-11-2-4-13(5-3-11)18(16,17)15-10-12-6-8-14-9-7-12/h2-10H,1H3. The summed E-state index contributed by atoms with van der Waals surface area (Å²) in [6.45, 7) is 1.90. The van der Waals surface area contributed by atoms with Crippen LogP contribution in [0.5, 0.6) is 0 Å². The van der Waals surface area contributed by atoms with Crippen molar-refractivity contribution in [1.29, 1.82) is 0 Å². The zero-order valence-corrected chi connectivity index (χ0v) is 10.6. The smallest absolute Gasteiger partial charge is 0.265 e. The van der Waals surface area contributed by atoms with Gasteiger partial charge in [-0.2, -0.15) is 12.8 Å².